The molecule has 0 spiro atoms. The predicted molar refractivity (Wildman–Crippen MR) is 250 cm³/mol. The SMILES string of the molecule is C=CC(=O)N1CC(CN2C(=O)C[C@H](C)[C@H]2C(=O)N[C@@H](Cc2cccc(-c3ccc4c(c3)c(CC(C)(C)COC(C)=O)c(-c3cccnc3[C@H](C)OC)n4CC)c2)C(=O)N2CCCCN2)C1. The summed E-state index contributed by atoms with van der Waals surface area (Å²) in [5.41, 5.74) is 10.7. The first-order chi connectivity index (χ1) is 31.1. The molecule has 0 radical (unpaired) electrons. The lowest BCUT2D eigenvalue weighted by Crippen LogP contribution is -2.60. The van der Waals surface area contributed by atoms with Crippen LogP contribution in [-0.4, -0.2) is 112 Å². The summed E-state index contributed by atoms with van der Waals surface area (Å²) in [6.07, 6.45) is 5.72. The Morgan fingerprint density at radius 2 is 1.83 bits per heavy atom. The minimum atomic E-state index is -0.893. The van der Waals surface area contributed by atoms with Crippen molar-refractivity contribution in [2.24, 2.45) is 17.3 Å². The Morgan fingerprint density at radius 3 is 2.52 bits per heavy atom. The number of hydrogen-bond acceptors (Lipinski definition) is 9. The first-order valence-electron chi connectivity index (χ1n) is 23.0. The molecule has 5 heterocycles. The maximum Gasteiger partial charge on any atom is 0.302 e. The standard InChI is InChI=1S/C51H65N7O7/c1-9-44(60)55-28-36(29-55)30-57-45(61)23-32(3)47(57)49(62)54-42(50(63)58-22-12-11-21-53-58)25-35-15-13-16-37(24-35)38-18-19-43-40(26-38)41(27-51(6,7)31-65-34(5)59)48(56(43)10-2)39-17-14-20-52-46(39)33(4)64-8/h9,13-20,24,26,32-33,36,42,47,53H,1,10-12,21-23,25,27-31H2,2-8H3,(H,54,62)/t32-,33-,42-,47-/m0/s1. The number of nitrogens with one attached hydrogen (secondary N) is 2. The van der Waals surface area contributed by atoms with Gasteiger partial charge in [0, 0.05) is 100 Å². The molecule has 3 fully saturated rings. The summed E-state index contributed by atoms with van der Waals surface area (Å²) in [5, 5.41) is 5.81. The average molecular weight is 888 g/mol. The molecule has 4 amide bonds. The van der Waals surface area contributed by atoms with Crippen LogP contribution >= 0.6 is 0 Å². The van der Waals surface area contributed by atoms with Crippen molar-refractivity contribution in [3.63, 3.8) is 0 Å². The van der Waals surface area contributed by atoms with Crippen LogP contribution < -0.4 is 10.7 Å². The molecular formula is C51H65N7O7. The fraction of sp³-hybridized carbons (Fsp3) is 0.490. The Bertz CT molecular complexity index is 2430. The predicted octanol–water partition coefficient (Wildman–Crippen LogP) is 6.27. The van der Waals surface area contributed by atoms with Crippen molar-refractivity contribution in [2.45, 2.75) is 98.4 Å². The van der Waals surface area contributed by atoms with Gasteiger partial charge in [-0.05, 0) is 91.6 Å². The Morgan fingerprint density at radius 1 is 1.06 bits per heavy atom. The van der Waals surface area contributed by atoms with Gasteiger partial charge >= 0.3 is 5.97 Å². The second-order valence-corrected chi connectivity index (χ2v) is 18.8. The third-order valence-electron chi connectivity index (χ3n) is 13.2. The molecule has 346 valence electrons. The zero-order chi connectivity index (χ0) is 46.6. The molecule has 4 aromatic rings. The summed E-state index contributed by atoms with van der Waals surface area (Å²) < 4.78 is 13.7. The number of rotatable bonds is 17. The number of aryl methyl sites for hydroxylation is 1. The highest BCUT2D eigenvalue weighted by Crippen LogP contribution is 2.42. The molecule has 14 nitrogen and oxygen atoms in total. The molecule has 3 saturated heterocycles. The average Bonchev–Trinajstić information content (AvgIpc) is 3.75. The summed E-state index contributed by atoms with van der Waals surface area (Å²) in [4.78, 5) is 74.2. The van der Waals surface area contributed by atoms with Gasteiger partial charge < -0.3 is 29.2 Å². The number of ether oxygens (including phenoxy) is 2. The molecule has 0 bridgehead atoms. The minimum absolute atomic E-state index is 0.0583. The molecule has 0 aliphatic carbocycles. The third kappa shape index (κ3) is 10.3. The topological polar surface area (TPSA) is 155 Å². The van der Waals surface area contributed by atoms with Crippen molar-refractivity contribution in [2.75, 3.05) is 46.4 Å². The second-order valence-electron chi connectivity index (χ2n) is 18.8. The molecule has 0 unspecified atom stereocenters. The lowest BCUT2D eigenvalue weighted by molar-refractivity contribution is -0.144. The van der Waals surface area contributed by atoms with Gasteiger partial charge in [-0.3, -0.25) is 34.0 Å². The van der Waals surface area contributed by atoms with Crippen LogP contribution in [-0.2, 0) is 52.8 Å². The molecule has 65 heavy (non-hydrogen) atoms. The summed E-state index contributed by atoms with van der Waals surface area (Å²) >= 11 is 0. The van der Waals surface area contributed by atoms with E-state index < -0.39 is 17.5 Å². The molecule has 14 heteroatoms. The van der Waals surface area contributed by atoms with Gasteiger partial charge in [0.15, 0.2) is 0 Å². The Balaban J connectivity index is 1.22. The number of aromatic nitrogens is 2. The quantitative estimate of drug-likeness (QED) is 0.0923. The number of fused-ring (bicyclic) bond motifs is 1. The van der Waals surface area contributed by atoms with Gasteiger partial charge in [0.05, 0.1) is 24.1 Å². The molecule has 3 aliphatic rings. The smallest absolute Gasteiger partial charge is 0.302 e. The Kier molecular flexibility index (Phi) is 14.6. The number of amides is 4. The van der Waals surface area contributed by atoms with E-state index in [9.17, 15) is 24.0 Å². The Hall–Kier alpha value is -5.86. The van der Waals surface area contributed by atoms with E-state index in [0.717, 1.165) is 62.9 Å². The number of methoxy groups -OCH3 is 1. The van der Waals surface area contributed by atoms with Gasteiger partial charge in [-0.2, -0.15) is 0 Å². The number of carbonyl (C=O) groups is 5. The van der Waals surface area contributed by atoms with E-state index in [0.29, 0.717) is 45.7 Å². The molecule has 7 rings (SSSR count). The van der Waals surface area contributed by atoms with E-state index in [2.05, 4.69) is 79.1 Å². The second kappa shape index (κ2) is 20.1. The number of benzene rings is 2. The minimum Gasteiger partial charge on any atom is -0.465 e. The lowest BCUT2D eigenvalue weighted by Gasteiger charge is -2.41. The lowest BCUT2D eigenvalue weighted by atomic mass is 9.84. The van der Waals surface area contributed by atoms with Crippen LogP contribution in [0.3, 0.4) is 0 Å². The van der Waals surface area contributed by atoms with Crippen LogP contribution in [0.25, 0.3) is 33.3 Å². The largest absolute Gasteiger partial charge is 0.465 e. The number of hydrogen-bond donors (Lipinski definition) is 2. The summed E-state index contributed by atoms with van der Waals surface area (Å²) in [6, 6.07) is 17.0. The van der Waals surface area contributed by atoms with E-state index in [1.807, 2.05) is 32.0 Å². The number of hydrazine groups is 1. The van der Waals surface area contributed by atoms with E-state index in [1.54, 1.807) is 28.1 Å². The maximum absolute atomic E-state index is 14.3. The van der Waals surface area contributed by atoms with E-state index in [1.165, 1.54) is 13.0 Å². The molecule has 2 N–H and O–H groups in total. The highest BCUT2D eigenvalue weighted by molar-refractivity contribution is 5.96. The normalized spacial score (nSPS) is 18.9. The van der Waals surface area contributed by atoms with Crippen molar-refractivity contribution >= 4 is 40.5 Å². The fourth-order valence-corrected chi connectivity index (χ4v) is 9.79. The highest BCUT2D eigenvalue weighted by Gasteiger charge is 2.45. The number of pyridine rings is 1. The van der Waals surface area contributed by atoms with Crippen LogP contribution in [0.5, 0.6) is 0 Å². The molecule has 2 aromatic heterocycles. The third-order valence-corrected chi connectivity index (χ3v) is 13.2. The molecular weight excluding hydrogens is 823 g/mol. The van der Waals surface area contributed by atoms with Crippen LogP contribution in [0, 0.1) is 17.3 Å². The van der Waals surface area contributed by atoms with Gasteiger partial charge in [0.25, 0.3) is 5.91 Å². The first-order valence-corrected chi connectivity index (χ1v) is 23.0. The van der Waals surface area contributed by atoms with Crippen molar-refractivity contribution in [1.29, 1.82) is 0 Å². The van der Waals surface area contributed by atoms with E-state index >= 15 is 0 Å². The number of nitrogens with zero attached hydrogens (tertiary/aromatic N) is 5. The maximum atomic E-state index is 14.3. The Labute approximate surface area is 382 Å². The van der Waals surface area contributed by atoms with Gasteiger partial charge in [-0.1, -0.05) is 57.7 Å². The molecule has 0 saturated carbocycles. The monoisotopic (exact) mass is 887 g/mol. The van der Waals surface area contributed by atoms with Crippen molar-refractivity contribution in [3.8, 4) is 22.4 Å². The highest BCUT2D eigenvalue weighted by atomic mass is 16.5. The van der Waals surface area contributed by atoms with Crippen LogP contribution in [0.1, 0.15) is 83.7 Å². The van der Waals surface area contributed by atoms with Gasteiger partial charge in [0.2, 0.25) is 17.7 Å². The van der Waals surface area contributed by atoms with Crippen molar-refractivity contribution in [1.82, 2.24) is 35.1 Å². The zero-order valence-corrected chi connectivity index (χ0v) is 39.0. The van der Waals surface area contributed by atoms with Crippen LogP contribution in [0.4, 0.5) is 0 Å². The number of esters is 1. The number of likely N-dealkylation sites (tertiary alicyclic amines) is 2. The molecule has 2 aromatic carbocycles. The molecule has 4 atom stereocenters. The summed E-state index contributed by atoms with van der Waals surface area (Å²) in [6.45, 7) is 18.8. The zero-order valence-electron chi connectivity index (χ0n) is 39.0. The van der Waals surface area contributed by atoms with E-state index in [-0.39, 0.29) is 67.0 Å². The van der Waals surface area contributed by atoms with Gasteiger partial charge in [-0.25, -0.2) is 5.43 Å². The van der Waals surface area contributed by atoms with E-state index in [4.69, 9.17) is 14.5 Å². The summed E-state index contributed by atoms with van der Waals surface area (Å²) in [7, 11) is 1.69. The summed E-state index contributed by atoms with van der Waals surface area (Å²) in [5.74, 6) is -1.33. The van der Waals surface area contributed by atoms with Crippen molar-refractivity contribution < 1.29 is 33.4 Å². The number of carbonyl (C=O) groups excluding carboxylic acids is 5. The van der Waals surface area contributed by atoms with Gasteiger partial charge in [0.1, 0.15) is 12.1 Å². The van der Waals surface area contributed by atoms with Gasteiger partial charge in [-0.15, -0.1) is 0 Å². The van der Waals surface area contributed by atoms with Crippen molar-refractivity contribution in [3.05, 3.63) is 90.3 Å². The fourth-order valence-electron chi connectivity index (χ4n) is 9.79. The first kappa shape index (κ1) is 47.1. The van der Waals surface area contributed by atoms with Crippen LogP contribution in [0.2, 0.25) is 0 Å². The molecule has 3 aliphatic heterocycles. The van der Waals surface area contributed by atoms with Crippen LogP contribution in [0.15, 0.2) is 73.4 Å².